The molecule has 8 rings (SSSR count). The van der Waals surface area contributed by atoms with Gasteiger partial charge in [-0.15, -0.1) is 22.7 Å². The van der Waals surface area contributed by atoms with E-state index in [1.807, 2.05) is 22.7 Å². The van der Waals surface area contributed by atoms with E-state index in [0.29, 0.717) is 5.92 Å². The van der Waals surface area contributed by atoms with Gasteiger partial charge in [0.2, 0.25) is 0 Å². The van der Waals surface area contributed by atoms with Crippen molar-refractivity contribution in [2.75, 3.05) is 0 Å². The zero-order valence-corrected chi connectivity index (χ0v) is 25.1. The highest BCUT2D eigenvalue weighted by Gasteiger charge is 2.50. The van der Waals surface area contributed by atoms with Crippen LogP contribution in [0.5, 0.6) is 0 Å². The first-order chi connectivity index (χ1) is 18.8. The van der Waals surface area contributed by atoms with Gasteiger partial charge in [-0.3, -0.25) is 0 Å². The molecule has 0 spiro atoms. The minimum absolute atomic E-state index is 0.106. The Labute approximate surface area is 238 Å². The van der Waals surface area contributed by atoms with E-state index in [0.717, 1.165) is 6.42 Å². The third kappa shape index (κ3) is 2.76. The van der Waals surface area contributed by atoms with Crippen molar-refractivity contribution >= 4 is 44.5 Å². The van der Waals surface area contributed by atoms with E-state index in [4.69, 9.17) is 0 Å². The van der Waals surface area contributed by atoms with Crippen LogP contribution in [0.1, 0.15) is 88.7 Å². The Hall–Kier alpha value is -3.14. The van der Waals surface area contributed by atoms with Crippen molar-refractivity contribution in [3.8, 4) is 5.69 Å². The fourth-order valence-electron chi connectivity index (χ4n) is 7.65. The lowest BCUT2D eigenvalue weighted by Gasteiger charge is -2.45. The Balaban J connectivity index is 1.73. The maximum Gasteiger partial charge on any atom is 0.0928 e. The Morgan fingerprint density at radius 3 is 1.87 bits per heavy atom. The minimum Gasteiger partial charge on any atom is -0.308 e. The molecule has 194 valence electrons. The van der Waals surface area contributed by atoms with E-state index in [1.54, 1.807) is 0 Å². The van der Waals surface area contributed by atoms with Gasteiger partial charge in [0.25, 0.3) is 0 Å². The van der Waals surface area contributed by atoms with Gasteiger partial charge in [-0.2, -0.15) is 0 Å². The van der Waals surface area contributed by atoms with E-state index in [1.165, 1.54) is 76.2 Å². The van der Waals surface area contributed by atoms with Crippen LogP contribution in [0.25, 0.3) is 27.5 Å². The Morgan fingerprint density at radius 2 is 1.31 bits per heavy atom. The summed E-state index contributed by atoms with van der Waals surface area (Å²) in [5, 5.41) is 7.31. The number of hydrogen-bond acceptors (Lipinski definition) is 2. The maximum absolute atomic E-state index is 2.67. The van der Waals surface area contributed by atoms with Gasteiger partial charge in [-0.1, -0.05) is 75.2 Å². The summed E-state index contributed by atoms with van der Waals surface area (Å²) in [5.41, 5.74) is 13.7. The fraction of sp³-hybridized carbons (Fsp3) is 0.278. The number of benzene rings is 3. The quantitative estimate of drug-likeness (QED) is 0.208. The second kappa shape index (κ2) is 7.74. The monoisotopic (exact) mass is 543 g/mol. The molecule has 0 saturated carbocycles. The van der Waals surface area contributed by atoms with Crippen molar-refractivity contribution in [2.45, 2.75) is 64.7 Å². The number of fused-ring (bicyclic) bond motifs is 1. The second-order valence-electron chi connectivity index (χ2n) is 12.4. The summed E-state index contributed by atoms with van der Waals surface area (Å²) in [6.45, 7) is 14.2. The van der Waals surface area contributed by atoms with Crippen LogP contribution in [0, 0.1) is 13.8 Å². The summed E-state index contributed by atoms with van der Waals surface area (Å²) in [5.74, 6) is 0.495. The van der Waals surface area contributed by atoms with Gasteiger partial charge in [0.15, 0.2) is 0 Å². The van der Waals surface area contributed by atoms with Gasteiger partial charge in [0, 0.05) is 25.9 Å². The summed E-state index contributed by atoms with van der Waals surface area (Å²) in [6.07, 6.45) is 1.13. The average Bonchev–Trinajstić information content (AvgIpc) is 3.69. The predicted molar refractivity (Wildman–Crippen MR) is 169 cm³/mol. The van der Waals surface area contributed by atoms with Gasteiger partial charge < -0.3 is 4.57 Å². The van der Waals surface area contributed by atoms with Crippen molar-refractivity contribution in [1.29, 1.82) is 0 Å². The standard InChI is InChI=1S/C36H33NS2/c1-7-22(4)23-18-27-34-29(19-23)36(30-10-8-12-38-30,31-11-9-13-39-31)28-17-21(3)15-25-24-14-20(2)16-26(35(27,5)6)32(24)37(34)33(25)28/h8-19,22H,7H2,1-6H3. The van der Waals surface area contributed by atoms with E-state index in [2.05, 4.69) is 118 Å². The third-order valence-corrected chi connectivity index (χ3v) is 11.7. The van der Waals surface area contributed by atoms with Crippen LogP contribution in [-0.2, 0) is 10.8 Å². The first-order valence-corrected chi connectivity index (χ1v) is 15.9. The molecule has 1 atom stereocenters. The minimum atomic E-state index is -0.340. The molecule has 6 aromatic rings. The molecule has 1 unspecified atom stereocenters. The van der Waals surface area contributed by atoms with Gasteiger partial charge in [0.1, 0.15) is 0 Å². The number of hydrogen-bond donors (Lipinski definition) is 0. The molecule has 3 aromatic carbocycles. The van der Waals surface area contributed by atoms with Crippen LogP contribution in [0.3, 0.4) is 0 Å². The predicted octanol–water partition coefficient (Wildman–Crippen LogP) is 10.4. The number of aryl methyl sites for hydroxylation is 2. The summed E-state index contributed by atoms with van der Waals surface area (Å²) in [7, 11) is 0. The van der Waals surface area contributed by atoms with Crippen molar-refractivity contribution in [3.05, 3.63) is 120 Å². The molecule has 0 radical (unpaired) electrons. The van der Waals surface area contributed by atoms with Crippen LogP contribution in [0.2, 0.25) is 0 Å². The van der Waals surface area contributed by atoms with Gasteiger partial charge in [-0.05, 0) is 89.0 Å². The van der Waals surface area contributed by atoms with Crippen molar-refractivity contribution < 1.29 is 0 Å². The summed E-state index contributed by atoms with van der Waals surface area (Å²) >= 11 is 3.81. The first-order valence-electron chi connectivity index (χ1n) is 14.2. The number of rotatable bonds is 4. The van der Waals surface area contributed by atoms with Crippen LogP contribution in [-0.4, -0.2) is 4.57 Å². The number of thiophene rings is 2. The zero-order chi connectivity index (χ0) is 26.8. The molecule has 3 aromatic heterocycles. The van der Waals surface area contributed by atoms with Crippen LogP contribution in [0.15, 0.2) is 71.4 Å². The molecule has 0 amide bonds. The molecule has 5 heterocycles. The van der Waals surface area contributed by atoms with Crippen molar-refractivity contribution in [1.82, 2.24) is 4.57 Å². The van der Waals surface area contributed by atoms with Crippen molar-refractivity contribution in [3.63, 3.8) is 0 Å². The van der Waals surface area contributed by atoms with E-state index >= 15 is 0 Å². The van der Waals surface area contributed by atoms with Gasteiger partial charge in [-0.25, -0.2) is 0 Å². The molecule has 2 aliphatic rings. The highest BCUT2D eigenvalue weighted by molar-refractivity contribution is 7.12. The molecule has 2 aliphatic heterocycles. The van der Waals surface area contributed by atoms with Crippen LogP contribution < -0.4 is 0 Å². The lowest BCUT2D eigenvalue weighted by Crippen LogP contribution is -2.38. The van der Waals surface area contributed by atoms with Crippen molar-refractivity contribution in [2.24, 2.45) is 0 Å². The smallest absolute Gasteiger partial charge is 0.0928 e. The summed E-state index contributed by atoms with van der Waals surface area (Å²) in [4.78, 5) is 2.83. The third-order valence-electron chi connectivity index (χ3n) is 9.72. The highest BCUT2D eigenvalue weighted by atomic mass is 32.1. The molecule has 0 aliphatic carbocycles. The first kappa shape index (κ1) is 23.7. The molecular weight excluding hydrogens is 511 g/mol. The molecule has 0 saturated heterocycles. The topological polar surface area (TPSA) is 4.93 Å². The van der Waals surface area contributed by atoms with Gasteiger partial charge in [0.05, 0.1) is 22.1 Å². The lowest BCUT2D eigenvalue weighted by molar-refractivity contribution is 0.612. The van der Waals surface area contributed by atoms with E-state index in [-0.39, 0.29) is 10.8 Å². The zero-order valence-electron chi connectivity index (χ0n) is 23.5. The van der Waals surface area contributed by atoms with Crippen LogP contribution in [0.4, 0.5) is 0 Å². The largest absolute Gasteiger partial charge is 0.308 e. The Morgan fingerprint density at radius 1 is 0.744 bits per heavy atom. The van der Waals surface area contributed by atoms with Gasteiger partial charge >= 0.3 is 0 Å². The van der Waals surface area contributed by atoms with E-state index < -0.39 is 0 Å². The molecule has 0 fully saturated rings. The summed E-state index contributed by atoms with van der Waals surface area (Å²) < 4.78 is 2.67. The SMILES string of the molecule is CCC(C)c1cc2c3c(c1)C(c1cccs1)(c1cccs1)c1cc(C)cc4c5cc(C)cc(c5n-3c14)C2(C)C. The molecular formula is C36H33NS2. The Kier molecular flexibility index (Phi) is 4.71. The highest BCUT2D eigenvalue weighted by Crippen LogP contribution is 2.61. The molecule has 3 heteroatoms. The average molecular weight is 544 g/mol. The Bertz CT molecular complexity index is 1910. The summed E-state index contributed by atoms with van der Waals surface area (Å²) in [6, 6.07) is 24.2. The number of aromatic nitrogens is 1. The van der Waals surface area contributed by atoms with Crippen LogP contribution >= 0.6 is 22.7 Å². The van der Waals surface area contributed by atoms with E-state index in [9.17, 15) is 0 Å². The molecule has 0 N–H and O–H groups in total. The molecule has 0 bridgehead atoms. The second-order valence-corrected chi connectivity index (χ2v) is 14.3. The maximum atomic E-state index is 2.67. The normalized spacial score (nSPS) is 16.9. The lowest BCUT2D eigenvalue weighted by atomic mass is 9.64. The number of nitrogens with zero attached hydrogens (tertiary/aromatic N) is 1. The molecule has 39 heavy (non-hydrogen) atoms. The molecule has 1 nitrogen and oxygen atoms in total. The fourth-order valence-corrected chi connectivity index (χ4v) is 9.65.